The third-order valence-electron chi connectivity index (χ3n) is 8.66. The highest BCUT2D eigenvalue weighted by Gasteiger charge is 2.24. The fraction of sp³-hybridized carbons (Fsp3) is 0.806. The van der Waals surface area contributed by atoms with Crippen molar-refractivity contribution in [3.63, 3.8) is 0 Å². The Kier molecular flexibility index (Phi) is 12.1. The van der Waals surface area contributed by atoms with Gasteiger partial charge in [0.2, 0.25) is 0 Å². The molecule has 1 aromatic carbocycles. The average Bonchev–Trinajstić information content (AvgIpc) is 2.83. The fourth-order valence-electron chi connectivity index (χ4n) is 6.51. The molecule has 0 N–H and O–H groups in total. The molecule has 2 fully saturated rings. The molecule has 2 saturated carbocycles. The molecule has 2 aliphatic carbocycles. The lowest BCUT2D eigenvalue weighted by molar-refractivity contribution is 0.227. The van der Waals surface area contributed by atoms with Crippen LogP contribution < -0.4 is 4.74 Å². The lowest BCUT2D eigenvalue weighted by Crippen LogP contribution is -2.15. The standard InChI is InChI=1S/C31H51FO/c1-3-5-6-7-8-11-26-13-15-27(16-14-26)12-9-23-33-29-21-22-30(31(32)24-29)28-19-17-25(10-4-2)18-20-28/h21-22,24-28H,3-20,23H2,1-2H3. The summed E-state index contributed by atoms with van der Waals surface area (Å²) in [6.07, 6.45) is 24.0. The maximum atomic E-state index is 14.8. The molecule has 188 valence electrons. The Balaban J connectivity index is 1.28. The van der Waals surface area contributed by atoms with Crippen LogP contribution in [0.15, 0.2) is 18.2 Å². The monoisotopic (exact) mass is 458 g/mol. The molecule has 1 aromatic rings. The molecular weight excluding hydrogens is 407 g/mol. The Morgan fingerprint density at radius 3 is 1.94 bits per heavy atom. The fourth-order valence-corrected chi connectivity index (χ4v) is 6.51. The van der Waals surface area contributed by atoms with Gasteiger partial charge < -0.3 is 4.74 Å². The number of hydrogen-bond acceptors (Lipinski definition) is 1. The lowest BCUT2D eigenvalue weighted by atomic mass is 9.77. The van der Waals surface area contributed by atoms with Gasteiger partial charge in [0.25, 0.3) is 0 Å². The van der Waals surface area contributed by atoms with Crippen LogP contribution in [0.25, 0.3) is 0 Å². The number of rotatable bonds is 14. The molecule has 0 unspecified atom stereocenters. The molecule has 0 bridgehead atoms. The predicted molar refractivity (Wildman–Crippen MR) is 140 cm³/mol. The summed E-state index contributed by atoms with van der Waals surface area (Å²) in [5, 5.41) is 0. The van der Waals surface area contributed by atoms with E-state index in [0.717, 1.165) is 49.2 Å². The summed E-state index contributed by atoms with van der Waals surface area (Å²) in [5.41, 5.74) is 0.916. The highest BCUT2D eigenvalue weighted by Crippen LogP contribution is 2.39. The second-order valence-corrected chi connectivity index (χ2v) is 11.3. The van der Waals surface area contributed by atoms with E-state index in [2.05, 4.69) is 13.8 Å². The minimum atomic E-state index is -0.0561. The third-order valence-corrected chi connectivity index (χ3v) is 8.66. The number of unbranched alkanes of at least 4 members (excludes halogenated alkanes) is 4. The van der Waals surface area contributed by atoms with Crippen molar-refractivity contribution < 1.29 is 9.13 Å². The van der Waals surface area contributed by atoms with Gasteiger partial charge in [-0.05, 0) is 73.8 Å². The summed E-state index contributed by atoms with van der Waals surface area (Å²) in [7, 11) is 0. The molecule has 0 atom stereocenters. The number of halogens is 1. The smallest absolute Gasteiger partial charge is 0.130 e. The van der Waals surface area contributed by atoms with Crippen molar-refractivity contribution in [3.05, 3.63) is 29.6 Å². The molecule has 0 spiro atoms. The molecule has 2 aliphatic rings. The van der Waals surface area contributed by atoms with E-state index >= 15 is 0 Å². The van der Waals surface area contributed by atoms with Gasteiger partial charge >= 0.3 is 0 Å². The Bertz CT molecular complexity index is 640. The zero-order chi connectivity index (χ0) is 23.3. The predicted octanol–water partition coefficient (Wildman–Crippen LogP) is 10.2. The number of hydrogen-bond donors (Lipinski definition) is 0. The van der Waals surface area contributed by atoms with Crippen LogP contribution in [0.5, 0.6) is 5.75 Å². The summed E-state index contributed by atoms with van der Waals surface area (Å²) >= 11 is 0. The van der Waals surface area contributed by atoms with E-state index < -0.39 is 0 Å². The number of ether oxygens (including phenoxy) is 1. The first-order valence-electron chi connectivity index (χ1n) is 14.6. The van der Waals surface area contributed by atoms with Crippen LogP contribution >= 0.6 is 0 Å². The van der Waals surface area contributed by atoms with E-state index in [4.69, 9.17) is 4.74 Å². The van der Waals surface area contributed by atoms with Crippen LogP contribution in [-0.4, -0.2) is 6.61 Å². The molecule has 0 radical (unpaired) electrons. The summed E-state index contributed by atoms with van der Waals surface area (Å²) < 4.78 is 20.7. The van der Waals surface area contributed by atoms with Crippen molar-refractivity contribution in [3.8, 4) is 5.75 Å². The highest BCUT2D eigenvalue weighted by atomic mass is 19.1. The van der Waals surface area contributed by atoms with Gasteiger partial charge in [0, 0.05) is 6.07 Å². The molecule has 1 nitrogen and oxygen atoms in total. The van der Waals surface area contributed by atoms with Crippen LogP contribution in [0.4, 0.5) is 4.39 Å². The van der Waals surface area contributed by atoms with Gasteiger partial charge in [-0.3, -0.25) is 0 Å². The summed E-state index contributed by atoms with van der Waals surface area (Å²) in [4.78, 5) is 0. The van der Waals surface area contributed by atoms with Crippen molar-refractivity contribution in [1.29, 1.82) is 0 Å². The van der Waals surface area contributed by atoms with Crippen molar-refractivity contribution in [2.24, 2.45) is 17.8 Å². The summed E-state index contributed by atoms with van der Waals surface area (Å²) in [6, 6.07) is 5.64. The molecule has 0 aromatic heterocycles. The first-order valence-corrected chi connectivity index (χ1v) is 14.6. The van der Waals surface area contributed by atoms with E-state index in [1.807, 2.05) is 12.1 Å². The zero-order valence-electron chi connectivity index (χ0n) is 21.8. The number of benzene rings is 1. The maximum absolute atomic E-state index is 14.8. The van der Waals surface area contributed by atoms with Crippen molar-refractivity contribution in [2.75, 3.05) is 6.61 Å². The minimum Gasteiger partial charge on any atom is -0.493 e. The summed E-state index contributed by atoms with van der Waals surface area (Å²) in [5.74, 6) is 3.79. The second-order valence-electron chi connectivity index (χ2n) is 11.3. The van der Waals surface area contributed by atoms with E-state index in [1.165, 1.54) is 96.3 Å². The molecule has 0 amide bonds. The second kappa shape index (κ2) is 15.0. The Labute approximate surface area is 204 Å². The van der Waals surface area contributed by atoms with Gasteiger partial charge in [-0.2, -0.15) is 0 Å². The van der Waals surface area contributed by atoms with Gasteiger partial charge in [0.15, 0.2) is 0 Å². The molecule has 2 heteroatoms. The van der Waals surface area contributed by atoms with E-state index in [9.17, 15) is 4.39 Å². The van der Waals surface area contributed by atoms with Crippen LogP contribution in [-0.2, 0) is 0 Å². The van der Waals surface area contributed by atoms with Crippen LogP contribution in [0.3, 0.4) is 0 Å². The van der Waals surface area contributed by atoms with Crippen molar-refractivity contribution in [1.82, 2.24) is 0 Å². The van der Waals surface area contributed by atoms with Gasteiger partial charge in [-0.25, -0.2) is 4.39 Å². The minimum absolute atomic E-state index is 0.0561. The topological polar surface area (TPSA) is 9.23 Å². The highest BCUT2D eigenvalue weighted by molar-refractivity contribution is 5.31. The van der Waals surface area contributed by atoms with Crippen molar-refractivity contribution in [2.45, 2.75) is 135 Å². The largest absolute Gasteiger partial charge is 0.493 e. The Morgan fingerprint density at radius 1 is 0.697 bits per heavy atom. The zero-order valence-corrected chi connectivity index (χ0v) is 21.8. The lowest BCUT2D eigenvalue weighted by Gasteiger charge is -2.29. The maximum Gasteiger partial charge on any atom is 0.130 e. The van der Waals surface area contributed by atoms with Gasteiger partial charge in [-0.15, -0.1) is 0 Å². The molecule has 3 rings (SSSR count). The molecular formula is C31H51FO. The van der Waals surface area contributed by atoms with Crippen LogP contribution in [0.1, 0.15) is 141 Å². The SMILES string of the molecule is CCCCCCCC1CCC(CCCOc2ccc(C3CCC(CCC)CC3)c(F)c2)CC1. The molecule has 33 heavy (non-hydrogen) atoms. The molecule has 0 saturated heterocycles. The van der Waals surface area contributed by atoms with E-state index in [0.29, 0.717) is 11.7 Å². The van der Waals surface area contributed by atoms with Crippen molar-refractivity contribution >= 4 is 0 Å². The first kappa shape index (κ1) is 26.6. The van der Waals surface area contributed by atoms with Crippen LogP contribution in [0, 0.1) is 23.6 Å². The molecule has 0 aliphatic heterocycles. The van der Waals surface area contributed by atoms with Gasteiger partial charge in [0.1, 0.15) is 11.6 Å². The quantitative estimate of drug-likeness (QED) is 0.252. The third kappa shape index (κ3) is 9.25. The normalized spacial score (nSPS) is 25.8. The van der Waals surface area contributed by atoms with E-state index in [-0.39, 0.29) is 5.82 Å². The van der Waals surface area contributed by atoms with Gasteiger partial charge in [-0.1, -0.05) is 97.0 Å². The first-order chi connectivity index (χ1) is 16.2. The summed E-state index contributed by atoms with van der Waals surface area (Å²) in [6.45, 7) is 5.28. The van der Waals surface area contributed by atoms with Crippen LogP contribution in [0.2, 0.25) is 0 Å². The Hall–Kier alpha value is -1.05. The molecule has 0 heterocycles. The Morgan fingerprint density at radius 2 is 1.30 bits per heavy atom. The van der Waals surface area contributed by atoms with Gasteiger partial charge in [0.05, 0.1) is 6.61 Å². The average molecular weight is 459 g/mol. The van der Waals surface area contributed by atoms with E-state index in [1.54, 1.807) is 6.07 Å².